The van der Waals surface area contributed by atoms with Crippen LogP contribution in [0, 0.1) is 19.7 Å². The molecule has 4 aromatic rings. The average Bonchev–Trinajstić information content (AvgIpc) is 3.01. The molecule has 0 bridgehead atoms. The Morgan fingerprint density at radius 2 is 1.75 bits per heavy atom. The number of H-pyrrole nitrogens is 1. The number of carbonyl (C=O) groups excluding carboxylic acids is 2. The molecule has 1 saturated heterocycles. The van der Waals surface area contributed by atoms with Crippen LogP contribution in [0.25, 0.3) is 22.3 Å². The molecule has 11 heteroatoms. The number of piperidine rings is 1. The number of methoxy groups -OCH3 is 1. The maximum absolute atomic E-state index is 15.5. The number of carbonyl (C=O) groups is 2. The number of amides is 2. The zero-order valence-corrected chi connectivity index (χ0v) is 25.0. The van der Waals surface area contributed by atoms with Crippen LogP contribution in [-0.2, 0) is 18.4 Å². The third kappa shape index (κ3) is 6.04. The molecule has 0 aliphatic carbocycles. The van der Waals surface area contributed by atoms with Gasteiger partial charge in [-0.25, -0.2) is 9.18 Å². The SMILES string of the molecule is COc1cc(-c2cccc(-c3cccc(NC(=O)c4c[nH]c(=O)n(C)c4=O)c3C)c2C)cc(F)c1CN[C@@H]1CCC(=O)NC1. The van der Waals surface area contributed by atoms with Crippen molar-refractivity contribution in [1.29, 1.82) is 0 Å². The number of aromatic nitrogens is 2. The van der Waals surface area contributed by atoms with Gasteiger partial charge in [0.1, 0.15) is 17.1 Å². The van der Waals surface area contributed by atoms with Gasteiger partial charge >= 0.3 is 5.69 Å². The van der Waals surface area contributed by atoms with Crippen molar-refractivity contribution in [2.45, 2.75) is 39.3 Å². The van der Waals surface area contributed by atoms with E-state index >= 15 is 4.39 Å². The molecule has 3 aromatic carbocycles. The summed E-state index contributed by atoms with van der Waals surface area (Å²) < 4.78 is 22.0. The highest BCUT2D eigenvalue weighted by molar-refractivity contribution is 6.04. The zero-order valence-electron chi connectivity index (χ0n) is 25.0. The van der Waals surface area contributed by atoms with E-state index in [0.29, 0.717) is 42.0 Å². The lowest BCUT2D eigenvalue weighted by Crippen LogP contribution is -2.45. The van der Waals surface area contributed by atoms with Crippen molar-refractivity contribution in [2.24, 2.45) is 7.05 Å². The van der Waals surface area contributed by atoms with Gasteiger partial charge in [0.25, 0.3) is 11.5 Å². The second kappa shape index (κ2) is 12.7. The summed E-state index contributed by atoms with van der Waals surface area (Å²) >= 11 is 0. The number of hydrogen-bond donors (Lipinski definition) is 4. The summed E-state index contributed by atoms with van der Waals surface area (Å²) in [5, 5.41) is 8.93. The van der Waals surface area contributed by atoms with Crippen molar-refractivity contribution < 1.29 is 18.7 Å². The predicted octanol–water partition coefficient (Wildman–Crippen LogP) is 3.79. The van der Waals surface area contributed by atoms with Crippen molar-refractivity contribution in [3.8, 4) is 28.0 Å². The van der Waals surface area contributed by atoms with Crippen molar-refractivity contribution in [2.75, 3.05) is 19.0 Å². The molecule has 0 unspecified atom stereocenters. The maximum atomic E-state index is 15.5. The summed E-state index contributed by atoms with van der Waals surface area (Å²) in [5.41, 5.74) is 4.31. The lowest BCUT2D eigenvalue weighted by molar-refractivity contribution is -0.122. The minimum Gasteiger partial charge on any atom is -0.496 e. The number of halogens is 1. The minimum atomic E-state index is -0.699. The fraction of sp³-hybridized carbons (Fsp3) is 0.273. The second-order valence-corrected chi connectivity index (χ2v) is 10.8. The number of rotatable bonds is 8. The molecule has 1 atom stereocenters. The molecule has 2 heterocycles. The maximum Gasteiger partial charge on any atom is 0.328 e. The van der Waals surface area contributed by atoms with Crippen molar-refractivity contribution in [1.82, 2.24) is 20.2 Å². The van der Waals surface area contributed by atoms with Crippen LogP contribution in [0.5, 0.6) is 5.75 Å². The zero-order chi connectivity index (χ0) is 31.5. The molecular weight excluding hydrogens is 565 g/mol. The van der Waals surface area contributed by atoms with Crippen molar-refractivity contribution in [3.63, 3.8) is 0 Å². The average molecular weight is 600 g/mol. The molecule has 0 saturated carbocycles. The molecule has 1 aliphatic heterocycles. The molecule has 10 nitrogen and oxygen atoms in total. The van der Waals surface area contributed by atoms with Crippen LogP contribution in [0.1, 0.15) is 39.9 Å². The Hall–Kier alpha value is -5.03. The van der Waals surface area contributed by atoms with Gasteiger partial charge in [-0.15, -0.1) is 0 Å². The van der Waals surface area contributed by atoms with E-state index in [-0.39, 0.29) is 24.1 Å². The highest BCUT2D eigenvalue weighted by Crippen LogP contribution is 2.37. The molecule has 1 fully saturated rings. The summed E-state index contributed by atoms with van der Waals surface area (Å²) in [4.78, 5) is 50.9. The number of anilines is 1. The molecule has 44 heavy (non-hydrogen) atoms. The van der Waals surface area contributed by atoms with Gasteiger partial charge in [-0.2, -0.15) is 0 Å². The Labute approximate surface area is 253 Å². The summed E-state index contributed by atoms with van der Waals surface area (Å²) in [6.45, 7) is 4.58. The standard InChI is InChI=1S/C33H34FN5O5/c1-18-22(20-13-27(34)25(29(14-20)44-4)16-35-21-11-12-30(40)36-15-21)7-5-8-23(18)24-9-6-10-28(19(24)2)38-31(41)26-17-37-33(43)39(3)32(26)42/h5-10,13-14,17,21,35H,11-12,15-16H2,1-4H3,(H,36,40)(H,37,43)(H,38,41)/t21-/m1/s1. The molecular formula is C33H34FN5O5. The first kappa shape index (κ1) is 30.4. The van der Waals surface area contributed by atoms with Gasteiger partial charge < -0.3 is 25.7 Å². The van der Waals surface area contributed by atoms with Crippen molar-refractivity contribution >= 4 is 17.5 Å². The first-order chi connectivity index (χ1) is 21.1. The minimum absolute atomic E-state index is 0.0262. The summed E-state index contributed by atoms with van der Waals surface area (Å²) in [7, 11) is 2.81. The topological polar surface area (TPSA) is 134 Å². The molecule has 4 N–H and O–H groups in total. The summed E-state index contributed by atoms with van der Waals surface area (Å²) in [6, 6.07) is 14.6. The fourth-order valence-electron chi connectivity index (χ4n) is 5.49. The van der Waals surface area contributed by atoms with Crippen LogP contribution in [0.2, 0.25) is 0 Å². The molecule has 0 radical (unpaired) electrons. The van der Waals surface area contributed by atoms with Gasteiger partial charge in [-0.05, 0) is 71.8 Å². The molecule has 1 aliphatic rings. The largest absolute Gasteiger partial charge is 0.496 e. The number of ether oxygens (including phenoxy) is 1. The quantitative estimate of drug-likeness (QED) is 0.244. The highest BCUT2D eigenvalue weighted by atomic mass is 19.1. The Morgan fingerprint density at radius 1 is 1.05 bits per heavy atom. The third-order valence-corrected chi connectivity index (χ3v) is 8.15. The van der Waals surface area contributed by atoms with Crippen LogP contribution >= 0.6 is 0 Å². The Kier molecular flexibility index (Phi) is 8.77. The van der Waals surface area contributed by atoms with Crippen molar-refractivity contribution in [3.05, 3.63) is 104 Å². The lowest BCUT2D eigenvalue weighted by Gasteiger charge is -2.24. The number of benzene rings is 3. The Morgan fingerprint density at radius 3 is 2.45 bits per heavy atom. The molecule has 2 amide bonds. The van der Waals surface area contributed by atoms with Crippen LogP contribution in [-0.4, -0.2) is 41.1 Å². The van der Waals surface area contributed by atoms with E-state index in [2.05, 4.69) is 20.9 Å². The second-order valence-electron chi connectivity index (χ2n) is 10.8. The summed E-state index contributed by atoms with van der Waals surface area (Å²) in [6.07, 6.45) is 2.24. The van der Waals surface area contributed by atoms with E-state index in [9.17, 15) is 19.2 Å². The molecule has 0 spiro atoms. The van der Waals surface area contributed by atoms with Crippen LogP contribution < -0.4 is 31.9 Å². The van der Waals surface area contributed by atoms with Gasteiger partial charge in [0.15, 0.2) is 0 Å². The monoisotopic (exact) mass is 599 g/mol. The van der Waals surface area contributed by atoms with Crippen LogP contribution in [0.3, 0.4) is 0 Å². The molecule has 5 rings (SSSR count). The van der Waals surface area contributed by atoms with E-state index in [1.165, 1.54) is 20.2 Å². The first-order valence-electron chi connectivity index (χ1n) is 14.3. The van der Waals surface area contributed by atoms with E-state index in [1.807, 2.05) is 44.2 Å². The van der Waals surface area contributed by atoms with E-state index in [1.54, 1.807) is 12.1 Å². The number of hydrogen-bond acceptors (Lipinski definition) is 6. The fourth-order valence-corrected chi connectivity index (χ4v) is 5.49. The smallest absolute Gasteiger partial charge is 0.328 e. The number of aromatic amines is 1. The first-order valence-corrected chi connectivity index (χ1v) is 14.3. The van der Waals surface area contributed by atoms with Gasteiger partial charge in [0, 0.05) is 50.0 Å². The van der Waals surface area contributed by atoms with E-state index < -0.39 is 23.0 Å². The number of nitrogens with zero attached hydrogens (tertiary/aromatic N) is 1. The third-order valence-electron chi connectivity index (χ3n) is 8.15. The van der Waals surface area contributed by atoms with Gasteiger partial charge in [0.2, 0.25) is 5.91 Å². The van der Waals surface area contributed by atoms with E-state index in [4.69, 9.17) is 4.74 Å². The normalized spacial score (nSPS) is 14.7. The van der Waals surface area contributed by atoms with Crippen LogP contribution in [0.4, 0.5) is 10.1 Å². The predicted molar refractivity (Wildman–Crippen MR) is 166 cm³/mol. The molecule has 1 aromatic heterocycles. The number of nitrogens with one attached hydrogen (secondary N) is 4. The highest BCUT2D eigenvalue weighted by Gasteiger charge is 2.21. The lowest BCUT2D eigenvalue weighted by atomic mass is 9.90. The Bertz CT molecular complexity index is 1870. The Balaban J connectivity index is 1.43. The van der Waals surface area contributed by atoms with Gasteiger partial charge in [-0.3, -0.25) is 19.0 Å². The van der Waals surface area contributed by atoms with E-state index in [0.717, 1.165) is 38.6 Å². The van der Waals surface area contributed by atoms with Crippen LogP contribution in [0.15, 0.2) is 64.3 Å². The summed E-state index contributed by atoms with van der Waals surface area (Å²) in [5.74, 6) is -0.589. The van der Waals surface area contributed by atoms with Gasteiger partial charge in [0.05, 0.1) is 7.11 Å². The van der Waals surface area contributed by atoms with Gasteiger partial charge in [-0.1, -0.05) is 30.3 Å². The molecule has 228 valence electrons.